The third-order valence-corrected chi connectivity index (χ3v) is 1.89. The fourth-order valence-electron chi connectivity index (χ4n) is 0.871. The van der Waals surface area contributed by atoms with E-state index in [0.29, 0.717) is 0 Å². The number of hydrogen-bond donors (Lipinski definition) is 0. The number of rotatable bonds is 3. The Kier molecular flexibility index (Phi) is 3.49. The molecule has 0 unspecified atom stereocenters. The van der Waals surface area contributed by atoms with Crippen molar-refractivity contribution in [1.82, 2.24) is 9.97 Å². The Morgan fingerprint density at radius 1 is 1.36 bits per heavy atom. The molecule has 0 N–H and O–H groups in total. The maximum atomic E-state index is 4.14. The van der Waals surface area contributed by atoms with E-state index in [4.69, 9.17) is 0 Å². The minimum atomic E-state index is 0.965. The fraction of sp³-hybridized carbons (Fsp3) is 0.500. The molecule has 1 aromatic heterocycles. The maximum absolute atomic E-state index is 4.14. The molecule has 0 fully saturated rings. The molecule has 0 bridgehead atoms. The molecule has 0 radical (unpaired) electrons. The quantitative estimate of drug-likeness (QED) is 0.720. The van der Waals surface area contributed by atoms with Crippen LogP contribution in [0.15, 0.2) is 12.4 Å². The molecule has 3 heteroatoms. The second kappa shape index (κ2) is 4.44. The Bertz CT molecular complexity index is 225. The van der Waals surface area contributed by atoms with E-state index in [1.54, 1.807) is 6.33 Å². The molecule has 0 aliphatic rings. The molecule has 0 amide bonds. The zero-order chi connectivity index (χ0) is 8.10. The van der Waals surface area contributed by atoms with Gasteiger partial charge in [0.15, 0.2) is 0 Å². The van der Waals surface area contributed by atoms with Gasteiger partial charge in [0.2, 0.25) is 0 Å². The molecule has 0 aliphatic carbocycles. The van der Waals surface area contributed by atoms with Crippen LogP contribution in [0.4, 0.5) is 0 Å². The fourth-order valence-corrected chi connectivity index (χ4v) is 1.28. The number of aryl methyl sites for hydroxylation is 2. The molecule has 0 atom stereocenters. The van der Waals surface area contributed by atoms with Gasteiger partial charge in [-0.15, -0.1) is 0 Å². The van der Waals surface area contributed by atoms with E-state index >= 15 is 0 Å². The summed E-state index contributed by atoms with van der Waals surface area (Å²) in [6.45, 7) is 2.10. The summed E-state index contributed by atoms with van der Waals surface area (Å²) in [7, 11) is 0. The molecule has 0 saturated heterocycles. The van der Waals surface area contributed by atoms with Gasteiger partial charge in [0.05, 0.1) is 0 Å². The molecule has 1 aromatic rings. The van der Waals surface area contributed by atoms with Gasteiger partial charge in [0.1, 0.15) is 6.33 Å². The Hall–Kier alpha value is -0.440. The van der Waals surface area contributed by atoms with E-state index in [1.165, 1.54) is 0 Å². The zero-order valence-electron chi connectivity index (χ0n) is 6.55. The Morgan fingerprint density at radius 3 is 2.73 bits per heavy atom. The van der Waals surface area contributed by atoms with E-state index in [0.717, 1.165) is 29.6 Å². The molecule has 1 heterocycles. The molecule has 0 aliphatic heterocycles. The topological polar surface area (TPSA) is 25.8 Å². The number of hydrogen-bond acceptors (Lipinski definition) is 2. The van der Waals surface area contributed by atoms with Crippen molar-refractivity contribution in [2.75, 3.05) is 5.33 Å². The van der Waals surface area contributed by atoms with Crippen molar-refractivity contribution in [3.63, 3.8) is 0 Å². The smallest absolute Gasteiger partial charge is 0.115 e. The zero-order valence-corrected chi connectivity index (χ0v) is 8.13. The summed E-state index contributed by atoms with van der Waals surface area (Å²) in [4.78, 5) is 8.25. The van der Waals surface area contributed by atoms with Crippen molar-refractivity contribution in [3.05, 3.63) is 23.8 Å². The van der Waals surface area contributed by atoms with Gasteiger partial charge in [0, 0.05) is 16.7 Å². The van der Waals surface area contributed by atoms with Gasteiger partial charge in [-0.05, 0) is 18.9 Å². The maximum Gasteiger partial charge on any atom is 0.115 e. The number of alkyl halides is 1. The SMILES string of the molecule is CCc1cc(CCBr)ncn1. The highest BCUT2D eigenvalue weighted by molar-refractivity contribution is 9.09. The lowest BCUT2D eigenvalue weighted by Crippen LogP contribution is -1.95. The van der Waals surface area contributed by atoms with Crippen LogP contribution in [0.25, 0.3) is 0 Å². The van der Waals surface area contributed by atoms with Crippen LogP contribution in [0, 0.1) is 0 Å². The molecular formula is C8H11BrN2. The summed E-state index contributed by atoms with van der Waals surface area (Å²) in [5.74, 6) is 0. The largest absolute Gasteiger partial charge is 0.241 e. The highest BCUT2D eigenvalue weighted by Gasteiger charge is 1.94. The summed E-state index contributed by atoms with van der Waals surface area (Å²) in [5.41, 5.74) is 2.24. The van der Waals surface area contributed by atoms with Crippen LogP contribution in [0.5, 0.6) is 0 Å². The van der Waals surface area contributed by atoms with Crippen LogP contribution >= 0.6 is 15.9 Å². The van der Waals surface area contributed by atoms with Crippen molar-refractivity contribution in [1.29, 1.82) is 0 Å². The minimum Gasteiger partial charge on any atom is -0.241 e. The Morgan fingerprint density at radius 2 is 2.09 bits per heavy atom. The van der Waals surface area contributed by atoms with Crippen LogP contribution < -0.4 is 0 Å². The first-order chi connectivity index (χ1) is 5.36. The standard InChI is InChI=1S/C8H11BrN2/c1-2-7-5-8(3-4-9)11-6-10-7/h5-6H,2-4H2,1H3. The third kappa shape index (κ3) is 2.58. The minimum absolute atomic E-state index is 0.965. The summed E-state index contributed by atoms with van der Waals surface area (Å²) in [6.07, 6.45) is 3.60. The van der Waals surface area contributed by atoms with Gasteiger partial charge in [-0.1, -0.05) is 22.9 Å². The Balaban J connectivity index is 2.74. The molecule has 1 rings (SSSR count). The highest BCUT2D eigenvalue weighted by atomic mass is 79.9. The molecular weight excluding hydrogens is 204 g/mol. The normalized spacial score (nSPS) is 10.0. The van der Waals surface area contributed by atoms with Crippen molar-refractivity contribution in [2.45, 2.75) is 19.8 Å². The second-order valence-corrected chi connectivity index (χ2v) is 3.09. The van der Waals surface area contributed by atoms with Crippen molar-refractivity contribution in [3.8, 4) is 0 Å². The predicted molar refractivity (Wildman–Crippen MR) is 48.9 cm³/mol. The molecule has 0 aromatic carbocycles. The first kappa shape index (κ1) is 8.65. The van der Waals surface area contributed by atoms with Crippen molar-refractivity contribution < 1.29 is 0 Å². The van der Waals surface area contributed by atoms with Crippen LogP contribution in [-0.2, 0) is 12.8 Å². The van der Waals surface area contributed by atoms with Gasteiger partial charge in [-0.2, -0.15) is 0 Å². The third-order valence-electron chi connectivity index (χ3n) is 1.49. The predicted octanol–water partition coefficient (Wildman–Crippen LogP) is 1.98. The summed E-state index contributed by atoms with van der Waals surface area (Å²) >= 11 is 3.37. The lowest BCUT2D eigenvalue weighted by molar-refractivity contribution is 0.941. The van der Waals surface area contributed by atoms with Crippen LogP contribution in [0.2, 0.25) is 0 Å². The van der Waals surface area contributed by atoms with Crippen molar-refractivity contribution in [2.24, 2.45) is 0 Å². The number of aromatic nitrogens is 2. The van der Waals surface area contributed by atoms with E-state index < -0.39 is 0 Å². The molecule has 11 heavy (non-hydrogen) atoms. The van der Waals surface area contributed by atoms with Crippen molar-refractivity contribution >= 4 is 15.9 Å². The van der Waals surface area contributed by atoms with Gasteiger partial charge in [0.25, 0.3) is 0 Å². The van der Waals surface area contributed by atoms with Gasteiger partial charge < -0.3 is 0 Å². The first-order valence-electron chi connectivity index (χ1n) is 3.72. The van der Waals surface area contributed by atoms with E-state index in [9.17, 15) is 0 Å². The Labute approximate surface area is 75.2 Å². The summed E-state index contributed by atoms with van der Waals surface area (Å²) in [5, 5.41) is 0.965. The lowest BCUT2D eigenvalue weighted by atomic mass is 10.2. The van der Waals surface area contributed by atoms with E-state index in [1.807, 2.05) is 0 Å². The molecule has 0 spiro atoms. The van der Waals surface area contributed by atoms with Gasteiger partial charge in [-0.3, -0.25) is 0 Å². The highest BCUT2D eigenvalue weighted by Crippen LogP contribution is 2.00. The lowest BCUT2D eigenvalue weighted by Gasteiger charge is -1.98. The van der Waals surface area contributed by atoms with Crippen LogP contribution in [0.3, 0.4) is 0 Å². The molecule has 2 nitrogen and oxygen atoms in total. The first-order valence-corrected chi connectivity index (χ1v) is 4.84. The van der Waals surface area contributed by atoms with Gasteiger partial charge in [-0.25, -0.2) is 9.97 Å². The molecule has 0 saturated carbocycles. The van der Waals surface area contributed by atoms with Crippen LogP contribution in [0.1, 0.15) is 18.3 Å². The average molecular weight is 215 g/mol. The van der Waals surface area contributed by atoms with Gasteiger partial charge >= 0.3 is 0 Å². The molecule has 60 valence electrons. The van der Waals surface area contributed by atoms with E-state index in [2.05, 4.69) is 38.9 Å². The average Bonchev–Trinajstić information content (AvgIpc) is 2.06. The summed E-state index contributed by atoms with van der Waals surface area (Å²) < 4.78 is 0. The van der Waals surface area contributed by atoms with Crippen LogP contribution in [-0.4, -0.2) is 15.3 Å². The number of halogens is 1. The number of nitrogens with zero attached hydrogens (tertiary/aromatic N) is 2. The van der Waals surface area contributed by atoms with E-state index in [-0.39, 0.29) is 0 Å². The monoisotopic (exact) mass is 214 g/mol. The summed E-state index contributed by atoms with van der Waals surface area (Å²) in [6, 6.07) is 2.06. The second-order valence-electron chi connectivity index (χ2n) is 2.29.